The zero-order valence-corrected chi connectivity index (χ0v) is 18.7. The monoisotopic (exact) mass is 423 g/mol. The van der Waals surface area contributed by atoms with Crippen LogP contribution in [0.5, 0.6) is 0 Å². The first-order valence-corrected chi connectivity index (χ1v) is 11.2. The second-order valence-electron chi connectivity index (χ2n) is 8.32. The second kappa shape index (κ2) is 10.00. The molecule has 0 spiro atoms. The van der Waals surface area contributed by atoms with Crippen LogP contribution < -0.4 is 10.2 Å². The van der Waals surface area contributed by atoms with Crippen molar-refractivity contribution in [2.75, 3.05) is 11.4 Å². The van der Waals surface area contributed by atoms with Gasteiger partial charge in [-0.05, 0) is 74.4 Å². The molecule has 1 N–H and O–H groups in total. The van der Waals surface area contributed by atoms with Crippen molar-refractivity contribution >= 4 is 23.2 Å². The van der Waals surface area contributed by atoms with Crippen LogP contribution in [0.2, 0.25) is 5.02 Å². The van der Waals surface area contributed by atoms with E-state index in [0.717, 1.165) is 43.5 Å². The average molecular weight is 424 g/mol. The molecule has 3 rings (SSSR count). The van der Waals surface area contributed by atoms with E-state index >= 15 is 0 Å². The maximum Gasteiger partial charge on any atom is 0.251 e. The Morgan fingerprint density at radius 1 is 1.17 bits per heavy atom. The Morgan fingerprint density at radius 2 is 1.83 bits per heavy atom. The van der Waals surface area contributed by atoms with Gasteiger partial charge >= 0.3 is 0 Å². The van der Waals surface area contributed by atoms with Crippen molar-refractivity contribution in [1.29, 1.82) is 5.26 Å². The van der Waals surface area contributed by atoms with Crippen molar-refractivity contribution < 1.29 is 4.79 Å². The van der Waals surface area contributed by atoms with Crippen LogP contribution in [0.1, 0.15) is 73.9 Å². The normalized spacial score (nSPS) is 18.7. The topological polar surface area (TPSA) is 56.1 Å². The molecule has 0 atom stereocenters. The third-order valence-electron chi connectivity index (χ3n) is 6.06. The van der Waals surface area contributed by atoms with Gasteiger partial charge in [-0.1, -0.05) is 37.6 Å². The molecular formula is C25H30ClN3O. The van der Waals surface area contributed by atoms with E-state index in [1.807, 2.05) is 36.4 Å². The standard InChI is InChI=1S/C25H30ClN3O/c1-4-29(23-12-9-20(16-27)24(26)15-23)22-13-10-21(11-14-22)28-25(30)19-7-5-18(6-8-19)17(2)3/h5-9,12,15,17,21-22H,4,10-11,13-14H2,1-3H3,(H,28,30)/t21-,22-. The first kappa shape index (κ1) is 22.2. The summed E-state index contributed by atoms with van der Waals surface area (Å²) in [6.45, 7) is 7.32. The van der Waals surface area contributed by atoms with Gasteiger partial charge in [0.1, 0.15) is 6.07 Å². The average Bonchev–Trinajstić information content (AvgIpc) is 2.75. The number of hydrogen-bond donors (Lipinski definition) is 1. The Labute approximate surface area is 184 Å². The Kier molecular flexibility index (Phi) is 7.39. The van der Waals surface area contributed by atoms with E-state index in [-0.39, 0.29) is 11.9 Å². The van der Waals surface area contributed by atoms with Gasteiger partial charge in [-0.25, -0.2) is 0 Å². The maximum absolute atomic E-state index is 12.6. The first-order valence-electron chi connectivity index (χ1n) is 10.8. The van der Waals surface area contributed by atoms with Crippen LogP contribution in [0.3, 0.4) is 0 Å². The van der Waals surface area contributed by atoms with Gasteiger partial charge in [-0.2, -0.15) is 5.26 Å². The third-order valence-corrected chi connectivity index (χ3v) is 6.37. The van der Waals surface area contributed by atoms with Crippen molar-refractivity contribution in [2.24, 2.45) is 0 Å². The third kappa shape index (κ3) is 5.15. The summed E-state index contributed by atoms with van der Waals surface area (Å²) in [5, 5.41) is 12.8. The summed E-state index contributed by atoms with van der Waals surface area (Å²) in [5.41, 5.74) is 3.53. The van der Waals surface area contributed by atoms with E-state index in [1.54, 1.807) is 6.07 Å². The summed E-state index contributed by atoms with van der Waals surface area (Å²) >= 11 is 6.24. The van der Waals surface area contributed by atoms with E-state index in [0.29, 0.717) is 22.5 Å². The van der Waals surface area contributed by atoms with Crippen LogP contribution in [0.15, 0.2) is 42.5 Å². The van der Waals surface area contributed by atoms with Crippen molar-refractivity contribution in [3.8, 4) is 6.07 Å². The lowest BCUT2D eigenvalue weighted by atomic mass is 9.89. The number of nitrogens with one attached hydrogen (secondary N) is 1. The molecule has 2 aromatic rings. The SMILES string of the molecule is CCN(c1ccc(C#N)c(Cl)c1)[C@H]1CC[C@H](NC(=O)c2ccc(C(C)C)cc2)CC1. The predicted molar refractivity (Wildman–Crippen MR) is 123 cm³/mol. The highest BCUT2D eigenvalue weighted by Gasteiger charge is 2.27. The number of benzene rings is 2. The molecule has 5 heteroatoms. The molecule has 1 aliphatic carbocycles. The first-order chi connectivity index (χ1) is 14.4. The molecule has 0 aliphatic heterocycles. The van der Waals surface area contributed by atoms with Gasteiger partial charge in [0.25, 0.3) is 5.91 Å². The molecule has 30 heavy (non-hydrogen) atoms. The van der Waals surface area contributed by atoms with Crippen molar-refractivity contribution in [2.45, 2.75) is 64.5 Å². The van der Waals surface area contributed by atoms with E-state index < -0.39 is 0 Å². The molecule has 0 bridgehead atoms. The number of carbonyl (C=O) groups excluding carboxylic acids is 1. The number of halogens is 1. The van der Waals surface area contributed by atoms with Crippen LogP contribution in [-0.4, -0.2) is 24.5 Å². The lowest BCUT2D eigenvalue weighted by Crippen LogP contribution is -2.44. The minimum atomic E-state index is 0.0139. The molecule has 1 amide bonds. The summed E-state index contributed by atoms with van der Waals surface area (Å²) in [4.78, 5) is 15.0. The number of nitrogens with zero attached hydrogens (tertiary/aromatic N) is 2. The van der Waals surface area contributed by atoms with E-state index in [9.17, 15) is 4.79 Å². The maximum atomic E-state index is 12.6. The number of anilines is 1. The number of nitriles is 1. The molecule has 158 valence electrons. The molecule has 0 heterocycles. The van der Waals surface area contributed by atoms with Crippen LogP contribution >= 0.6 is 11.6 Å². The van der Waals surface area contributed by atoms with Gasteiger partial charge in [-0.3, -0.25) is 4.79 Å². The molecule has 0 aromatic heterocycles. The van der Waals surface area contributed by atoms with Crippen LogP contribution in [0.4, 0.5) is 5.69 Å². The highest BCUT2D eigenvalue weighted by molar-refractivity contribution is 6.32. The van der Waals surface area contributed by atoms with Crippen LogP contribution in [0, 0.1) is 11.3 Å². The molecule has 1 fully saturated rings. The lowest BCUT2D eigenvalue weighted by Gasteiger charge is -2.38. The summed E-state index contributed by atoms with van der Waals surface area (Å²) in [6, 6.07) is 16.3. The molecule has 0 unspecified atom stereocenters. The Balaban J connectivity index is 1.57. The highest BCUT2D eigenvalue weighted by atomic mass is 35.5. The number of rotatable bonds is 6. The zero-order chi connectivity index (χ0) is 21.7. The minimum absolute atomic E-state index is 0.0139. The van der Waals surface area contributed by atoms with Gasteiger partial charge in [-0.15, -0.1) is 0 Å². The van der Waals surface area contributed by atoms with Gasteiger partial charge in [0.05, 0.1) is 10.6 Å². The lowest BCUT2D eigenvalue weighted by molar-refractivity contribution is 0.0925. The number of amides is 1. The number of hydrogen-bond acceptors (Lipinski definition) is 3. The summed E-state index contributed by atoms with van der Waals surface area (Å²) < 4.78 is 0. The van der Waals surface area contributed by atoms with Crippen LogP contribution in [0.25, 0.3) is 0 Å². The second-order valence-corrected chi connectivity index (χ2v) is 8.72. The largest absolute Gasteiger partial charge is 0.369 e. The molecule has 2 aromatic carbocycles. The predicted octanol–water partition coefficient (Wildman–Crippen LogP) is 5.90. The fraction of sp³-hybridized carbons (Fsp3) is 0.440. The van der Waals surface area contributed by atoms with E-state index in [4.69, 9.17) is 16.9 Å². The molecule has 1 aliphatic rings. The van der Waals surface area contributed by atoms with Gasteiger partial charge in [0.15, 0.2) is 0 Å². The van der Waals surface area contributed by atoms with E-state index in [2.05, 4.69) is 37.1 Å². The molecule has 0 radical (unpaired) electrons. The highest BCUT2D eigenvalue weighted by Crippen LogP contribution is 2.30. The van der Waals surface area contributed by atoms with E-state index in [1.165, 1.54) is 5.56 Å². The molecular weight excluding hydrogens is 394 g/mol. The van der Waals surface area contributed by atoms with Gasteiger partial charge < -0.3 is 10.2 Å². The van der Waals surface area contributed by atoms with Crippen molar-refractivity contribution in [1.82, 2.24) is 5.32 Å². The zero-order valence-electron chi connectivity index (χ0n) is 18.0. The van der Waals surface area contributed by atoms with Gasteiger partial charge in [0, 0.05) is 29.9 Å². The fourth-order valence-corrected chi connectivity index (χ4v) is 4.46. The molecule has 1 saturated carbocycles. The quantitative estimate of drug-likeness (QED) is 0.628. The minimum Gasteiger partial charge on any atom is -0.369 e. The summed E-state index contributed by atoms with van der Waals surface area (Å²) in [6.07, 6.45) is 3.95. The van der Waals surface area contributed by atoms with Crippen LogP contribution in [-0.2, 0) is 0 Å². The Morgan fingerprint density at radius 3 is 2.37 bits per heavy atom. The fourth-order valence-electron chi connectivity index (χ4n) is 4.24. The molecule has 0 saturated heterocycles. The smallest absolute Gasteiger partial charge is 0.251 e. The van der Waals surface area contributed by atoms with Crippen molar-refractivity contribution in [3.05, 3.63) is 64.2 Å². The summed E-state index contributed by atoms with van der Waals surface area (Å²) in [7, 11) is 0. The van der Waals surface area contributed by atoms with Crippen molar-refractivity contribution in [3.63, 3.8) is 0 Å². The molecule has 4 nitrogen and oxygen atoms in total. The summed E-state index contributed by atoms with van der Waals surface area (Å²) in [5.74, 6) is 0.477. The number of carbonyl (C=O) groups is 1. The Hall–Kier alpha value is -2.51. The van der Waals surface area contributed by atoms with Gasteiger partial charge in [0.2, 0.25) is 0 Å². The Bertz CT molecular complexity index is 909.